The molecule has 2 aromatic carbocycles. The molecule has 2 amide bonds. The maximum Gasteiger partial charge on any atom is 0.241 e. The van der Waals surface area contributed by atoms with Crippen molar-refractivity contribution in [1.82, 2.24) is 39.2 Å². The van der Waals surface area contributed by atoms with E-state index in [9.17, 15) is 26.4 Å². The second-order valence-corrected chi connectivity index (χ2v) is 18.7. The first-order chi connectivity index (χ1) is 25.5. The Kier molecular flexibility index (Phi) is 11.5. The topological polar surface area (TPSA) is 190 Å². The minimum atomic E-state index is -3.56. The van der Waals surface area contributed by atoms with Crippen LogP contribution in [0.4, 0.5) is 0 Å². The van der Waals surface area contributed by atoms with Crippen LogP contribution >= 0.6 is 0 Å². The summed E-state index contributed by atoms with van der Waals surface area (Å²) in [4.78, 5) is 46.5. The lowest BCUT2D eigenvalue weighted by molar-refractivity contribution is -0.135. The number of amides is 2. The highest BCUT2D eigenvalue weighted by Crippen LogP contribution is 2.35. The SMILES string of the molecule is CC(C)[C@H](NS(C)(=O)=O)C(=O)N1CCCC1c1ncc(-c2ccc(-c3ccc(-c4cnc([C@@H]5CCCN5C(=O)[C@@H](NS(C)(=O)=O)C(C)C)[nH]4)cc3)cc2)[nH]1. The first-order valence-corrected chi connectivity index (χ1v) is 22.1. The van der Waals surface area contributed by atoms with Gasteiger partial charge in [-0.1, -0.05) is 76.2 Å². The summed E-state index contributed by atoms with van der Waals surface area (Å²) >= 11 is 0. The number of imidazole rings is 2. The molecule has 54 heavy (non-hydrogen) atoms. The maximum absolute atomic E-state index is 13.5. The molecule has 2 aromatic heterocycles. The molecule has 4 heterocycles. The van der Waals surface area contributed by atoms with E-state index < -0.39 is 32.1 Å². The van der Waals surface area contributed by atoms with Gasteiger partial charge >= 0.3 is 0 Å². The third kappa shape index (κ3) is 8.94. The molecule has 2 saturated heterocycles. The average Bonchev–Trinajstić information content (AvgIpc) is 3.95. The Morgan fingerprint density at radius 3 is 1.28 bits per heavy atom. The number of hydrogen-bond acceptors (Lipinski definition) is 8. The van der Waals surface area contributed by atoms with E-state index in [2.05, 4.69) is 29.4 Å². The van der Waals surface area contributed by atoms with E-state index in [-0.39, 0.29) is 35.7 Å². The van der Waals surface area contributed by atoms with Gasteiger partial charge in [-0.2, -0.15) is 0 Å². The van der Waals surface area contributed by atoms with Crippen LogP contribution in [0.25, 0.3) is 33.6 Å². The maximum atomic E-state index is 13.5. The first-order valence-electron chi connectivity index (χ1n) is 18.4. The van der Waals surface area contributed by atoms with Gasteiger partial charge in [0.15, 0.2) is 0 Å². The monoisotopic (exact) mass is 778 g/mol. The van der Waals surface area contributed by atoms with E-state index in [4.69, 9.17) is 0 Å². The number of aromatic amines is 2. The standard InChI is InChI=1S/C38H50N8O6S2/c1-23(2)33(43-53(5,49)50)37(47)45-19-7-9-31(45)35-39-21-29(41-35)27-15-11-25(12-16-27)26-13-17-28(18-14-26)30-22-40-36(42-30)32-10-8-20-46(32)38(48)34(24(3)4)44-54(6,51)52/h11-18,21-24,31-34,43-44H,7-10,19-20H2,1-6H3,(H,39,41)(H,40,42)/t31-,32?,33-,34-/m0/s1. The smallest absolute Gasteiger partial charge is 0.241 e. The molecule has 4 atom stereocenters. The molecular formula is C38H50N8O6S2. The van der Waals surface area contributed by atoms with E-state index in [1.807, 2.05) is 76.2 Å². The van der Waals surface area contributed by atoms with E-state index in [0.29, 0.717) is 24.7 Å². The number of likely N-dealkylation sites (tertiary alicyclic amines) is 2. The van der Waals surface area contributed by atoms with Gasteiger partial charge in [0, 0.05) is 13.1 Å². The first kappa shape index (κ1) is 39.3. The van der Waals surface area contributed by atoms with Crippen LogP contribution in [0.5, 0.6) is 0 Å². The highest BCUT2D eigenvalue weighted by atomic mass is 32.2. The molecule has 290 valence electrons. The molecule has 2 aliphatic heterocycles. The summed E-state index contributed by atoms with van der Waals surface area (Å²) in [6, 6.07) is 14.1. The summed E-state index contributed by atoms with van der Waals surface area (Å²) in [5.74, 6) is 0.448. The van der Waals surface area contributed by atoms with Crippen LogP contribution in [-0.2, 0) is 29.6 Å². The summed E-state index contributed by atoms with van der Waals surface area (Å²) in [6.45, 7) is 8.39. The van der Waals surface area contributed by atoms with Crippen molar-refractivity contribution >= 4 is 31.9 Å². The molecule has 14 nitrogen and oxygen atoms in total. The molecule has 2 aliphatic rings. The molecule has 4 aromatic rings. The van der Waals surface area contributed by atoms with Crippen molar-refractivity contribution in [3.05, 3.63) is 72.6 Å². The Morgan fingerprint density at radius 1 is 0.630 bits per heavy atom. The third-order valence-corrected chi connectivity index (χ3v) is 11.5. The molecule has 0 spiro atoms. The summed E-state index contributed by atoms with van der Waals surface area (Å²) < 4.78 is 52.9. The van der Waals surface area contributed by atoms with Crippen molar-refractivity contribution in [3.63, 3.8) is 0 Å². The fraction of sp³-hybridized carbons (Fsp3) is 0.474. The van der Waals surface area contributed by atoms with Gasteiger partial charge in [0.05, 0.1) is 48.4 Å². The molecule has 6 rings (SSSR count). The third-order valence-electron chi connectivity index (χ3n) is 10.2. The number of benzene rings is 2. The van der Waals surface area contributed by atoms with E-state index >= 15 is 0 Å². The number of carbonyl (C=O) groups excluding carboxylic acids is 2. The molecule has 4 N–H and O–H groups in total. The summed E-state index contributed by atoms with van der Waals surface area (Å²) in [5, 5.41) is 0. The predicted octanol–water partition coefficient (Wildman–Crippen LogP) is 4.61. The lowest BCUT2D eigenvalue weighted by atomic mass is 10.0. The highest BCUT2D eigenvalue weighted by molar-refractivity contribution is 7.89. The van der Waals surface area contributed by atoms with Gasteiger partial charge in [0.25, 0.3) is 0 Å². The van der Waals surface area contributed by atoms with E-state index in [1.165, 1.54) is 0 Å². The van der Waals surface area contributed by atoms with Crippen LogP contribution < -0.4 is 9.44 Å². The number of rotatable bonds is 13. The molecule has 0 radical (unpaired) electrons. The Bertz CT molecular complexity index is 2020. The normalized spacial score (nSPS) is 19.2. The lowest BCUT2D eigenvalue weighted by Gasteiger charge is -2.29. The summed E-state index contributed by atoms with van der Waals surface area (Å²) in [7, 11) is -7.12. The number of H-pyrrole nitrogens is 2. The van der Waals surface area contributed by atoms with Gasteiger partial charge in [-0.25, -0.2) is 36.2 Å². The van der Waals surface area contributed by atoms with Gasteiger partial charge in [0.2, 0.25) is 31.9 Å². The number of sulfonamides is 2. The van der Waals surface area contributed by atoms with E-state index in [0.717, 1.165) is 71.8 Å². The van der Waals surface area contributed by atoms with Crippen LogP contribution in [0, 0.1) is 11.8 Å². The zero-order valence-electron chi connectivity index (χ0n) is 31.5. The fourth-order valence-corrected chi connectivity index (χ4v) is 9.05. The van der Waals surface area contributed by atoms with Crippen molar-refractivity contribution in [2.24, 2.45) is 11.8 Å². The minimum Gasteiger partial charge on any atom is -0.340 e. The van der Waals surface area contributed by atoms with Crippen molar-refractivity contribution < 1.29 is 26.4 Å². The number of carbonyl (C=O) groups is 2. The molecule has 2 fully saturated rings. The number of nitrogens with one attached hydrogen (secondary N) is 4. The Balaban J connectivity index is 1.12. The van der Waals surface area contributed by atoms with Gasteiger partial charge in [-0.3, -0.25) is 9.59 Å². The van der Waals surface area contributed by atoms with Crippen molar-refractivity contribution in [2.45, 2.75) is 77.5 Å². The van der Waals surface area contributed by atoms with Gasteiger partial charge in [-0.05, 0) is 59.8 Å². The summed E-state index contributed by atoms with van der Waals surface area (Å²) in [6.07, 6.45) is 8.75. The number of aromatic nitrogens is 4. The van der Waals surface area contributed by atoms with Crippen molar-refractivity contribution in [3.8, 4) is 33.6 Å². The van der Waals surface area contributed by atoms with Crippen LogP contribution in [0.3, 0.4) is 0 Å². The molecule has 0 aliphatic carbocycles. The van der Waals surface area contributed by atoms with Gasteiger partial charge < -0.3 is 19.8 Å². The average molecular weight is 779 g/mol. The predicted molar refractivity (Wildman–Crippen MR) is 208 cm³/mol. The molecular weight excluding hydrogens is 729 g/mol. The summed E-state index contributed by atoms with van der Waals surface area (Å²) in [5.41, 5.74) is 5.60. The highest BCUT2D eigenvalue weighted by Gasteiger charge is 2.39. The zero-order chi connectivity index (χ0) is 38.9. The molecule has 0 saturated carbocycles. The lowest BCUT2D eigenvalue weighted by Crippen LogP contribution is -2.50. The Labute approximate surface area is 317 Å². The zero-order valence-corrected chi connectivity index (χ0v) is 33.2. The van der Waals surface area contributed by atoms with Crippen LogP contribution in [-0.4, -0.2) is 96.1 Å². The molecule has 16 heteroatoms. The van der Waals surface area contributed by atoms with Crippen molar-refractivity contribution in [2.75, 3.05) is 25.6 Å². The van der Waals surface area contributed by atoms with Crippen molar-refractivity contribution in [1.29, 1.82) is 0 Å². The second kappa shape index (κ2) is 15.8. The fourth-order valence-electron chi connectivity index (χ4n) is 7.38. The van der Waals surface area contributed by atoms with E-state index in [1.54, 1.807) is 22.2 Å². The van der Waals surface area contributed by atoms with Gasteiger partial charge in [0.1, 0.15) is 23.7 Å². The van der Waals surface area contributed by atoms with Crippen LogP contribution in [0.2, 0.25) is 0 Å². The van der Waals surface area contributed by atoms with Crippen LogP contribution in [0.15, 0.2) is 60.9 Å². The Morgan fingerprint density at radius 2 is 0.963 bits per heavy atom. The number of nitrogens with zero attached hydrogens (tertiary/aromatic N) is 4. The quantitative estimate of drug-likeness (QED) is 0.151. The Hall–Kier alpha value is -4.38. The minimum absolute atomic E-state index is 0.209. The number of hydrogen-bond donors (Lipinski definition) is 4. The van der Waals surface area contributed by atoms with Gasteiger partial charge in [-0.15, -0.1) is 0 Å². The second-order valence-electron chi connectivity index (χ2n) is 15.1. The largest absolute Gasteiger partial charge is 0.340 e. The van der Waals surface area contributed by atoms with Crippen LogP contribution in [0.1, 0.15) is 77.1 Å². The molecule has 1 unspecified atom stereocenters. The molecule has 0 bridgehead atoms.